The van der Waals surface area contributed by atoms with Crippen LogP contribution in [0, 0.1) is 0 Å². The summed E-state index contributed by atoms with van der Waals surface area (Å²) in [7, 11) is 0. The van der Waals surface area contributed by atoms with E-state index in [1.165, 1.54) is 0 Å². The molecule has 0 saturated carbocycles. The maximum Gasteiger partial charge on any atom is 0.317 e. The number of nitrogens with zero attached hydrogens (tertiary/aromatic N) is 2. The van der Waals surface area contributed by atoms with Gasteiger partial charge in [0.25, 0.3) is 0 Å². The number of carbonyl (C=O) groups is 1. The van der Waals surface area contributed by atoms with E-state index in [-0.39, 0.29) is 12.1 Å². The predicted molar refractivity (Wildman–Crippen MR) is 56.8 cm³/mol. The summed E-state index contributed by atoms with van der Waals surface area (Å²) in [5.74, 6) is 0. The zero-order valence-electron chi connectivity index (χ0n) is 9.24. The Kier molecular flexibility index (Phi) is 3.43. The van der Waals surface area contributed by atoms with Crippen molar-refractivity contribution in [1.29, 1.82) is 0 Å². The Hall–Kier alpha value is -0.810. The van der Waals surface area contributed by atoms with Gasteiger partial charge in [0.2, 0.25) is 0 Å². The largest absolute Gasteiger partial charge is 0.374 e. The smallest absolute Gasteiger partial charge is 0.317 e. The van der Waals surface area contributed by atoms with E-state index < -0.39 is 0 Å². The van der Waals surface area contributed by atoms with Gasteiger partial charge in [-0.15, -0.1) is 0 Å². The number of nitrogens with one attached hydrogen (secondary N) is 1. The van der Waals surface area contributed by atoms with Crippen LogP contribution < -0.4 is 5.32 Å². The molecule has 0 aliphatic carbocycles. The second kappa shape index (κ2) is 4.81. The van der Waals surface area contributed by atoms with Gasteiger partial charge in [-0.05, 0) is 6.54 Å². The summed E-state index contributed by atoms with van der Waals surface area (Å²) in [6, 6.07) is 0.0484. The molecule has 0 aromatic rings. The summed E-state index contributed by atoms with van der Waals surface area (Å²) in [6.07, 6.45) is 0.183. The van der Waals surface area contributed by atoms with Crippen LogP contribution >= 0.6 is 0 Å². The van der Waals surface area contributed by atoms with Crippen LogP contribution in [0.5, 0.6) is 0 Å². The first-order valence-electron chi connectivity index (χ1n) is 5.66. The van der Waals surface area contributed by atoms with Crippen molar-refractivity contribution in [3.05, 3.63) is 0 Å². The number of hydrogen-bond donors (Lipinski definition) is 1. The fourth-order valence-corrected chi connectivity index (χ4v) is 2.11. The van der Waals surface area contributed by atoms with Crippen molar-refractivity contribution >= 4 is 6.03 Å². The molecule has 5 nitrogen and oxygen atoms in total. The van der Waals surface area contributed by atoms with Crippen molar-refractivity contribution in [2.45, 2.75) is 13.0 Å². The lowest BCUT2D eigenvalue weighted by Gasteiger charge is -2.33. The van der Waals surface area contributed by atoms with E-state index in [0.717, 1.165) is 45.9 Å². The van der Waals surface area contributed by atoms with Crippen LogP contribution in [-0.4, -0.2) is 67.8 Å². The topological polar surface area (TPSA) is 44.8 Å². The zero-order valence-corrected chi connectivity index (χ0v) is 9.24. The predicted octanol–water partition coefficient (Wildman–Crippen LogP) is -0.268. The molecule has 2 rings (SSSR count). The van der Waals surface area contributed by atoms with Crippen molar-refractivity contribution in [2.24, 2.45) is 0 Å². The summed E-state index contributed by atoms with van der Waals surface area (Å²) < 4.78 is 5.66. The molecule has 2 saturated heterocycles. The van der Waals surface area contributed by atoms with Crippen LogP contribution in [0.15, 0.2) is 0 Å². The summed E-state index contributed by atoms with van der Waals surface area (Å²) in [5.41, 5.74) is 0. The molecular formula is C10H19N3O2. The number of carbonyl (C=O) groups excluding carboxylic acids is 1. The Morgan fingerprint density at radius 3 is 3.07 bits per heavy atom. The highest BCUT2D eigenvalue weighted by Crippen LogP contribution is 2.08. The van der Waals surface area contributed by atoms with E-state index in [2.05, 4.69) is 17.1 Å². The summed E-state index contributed by atoms with van der Waals surface area (Å²) in [6.45, 7) is 8.26. The molecule has 0 radical (unpaired) electrons. The third kappa shape index (κ3) is 2.60. The second-order valence-corrected chi connectivity index (χ2v) is 4.06. The maximum atomic E-state index is 11.3. The Balaban J connectivity index is 1.80. The molecule has 2 heterocycles. The van der Waals surface area contributed by atoms with Crippen LogP contribution in [0.4, 0.5) is 4.79 Å². The van der Waals surface area contributed by atoms with Crippen molar-refractivity contribution in [3.8, 4) is 0 Å². The second-order valence-electron chi connectivity index (χ2n) is 4.06. The van der Waals surface area contributed by atoms with Gasteiger partial charge < -0.3 is 15.0 Å². The van der Waals surface area contributed by atoms with E-state index >= 15 is 0 Å². The summed E-state index contributed by atoms with van der Waals surface area (Å²) in [5, 5.41) is 2.80. The Bertz CT molecular complexity index is 235. The normalized spacial score (nSPS) is 28.2. The van der Waals surface area contributed by atoms with Gasteiger partial charge in [-0.2, -0.15) is 0 Å². The summed E-state index contributed by atoms with van der Waals surface area (Å²) >= 11 is 0. The van der Waals surface area contributed by atoms with Gasteiger partial charge >= 0.3 is 6.03 Å². The first kappa shape index (κ1) is 10.7. The lowest BCUT2D eigenvalue weighted by Crippen LogP contribution is -2.48. The van der Waals surface area contributed by atoms with Gasteiger partial charge in [-0.1, -0.05) is 6.92 Å². The number of urea groups is 1. The van der Waals surface area contributed by atoms with E-state index in [0.29, 0.717) is 0 Å². The fourth-order valence-electron chi connectivity index (χ4n) is 2.11. The number of morpholine rings is 1. The van der Waals surface area contributed by atoms with Gasteiger partial charge in [-0.3, -0.25) is 4.90 Å². The molecule has 2 fully saturated rings. The van der Waals surface area contributed by atoms with Gasteiger partial charge in [0.1, 0.15) is 0 Å². The highest BCUT2D eigenvalue weighted by Gasteiger charge is 2.26. The van der Waals surface area contributed by atoms with Crippen molar-refractivity contribution < 1.29 is 9.53 Å². The Morgan fingerprint density at radius 1 is 1.53 bits per heavy atom. The highest BCUT2D eigenvalue weighted by atomic mass is 16.5. The van der Waals surface area contributed by atoms with Crippen LogP contribution in [0.2, 0.25) is 0 Å². The first-order chi connectivity index (χ1) is 7.29. The van der Waals surface area contributed by atoms with E-state index in [4.69, 9.17) is 4.74 Å². The maximum absolute atomic E-state index is 11.3. The minimum atomic E-state index is 0.0484. The van der Waals surface area contributed by atoms with Gasteiger partial charge in [0.05, 0.1) is 12.7 Å². The van der Waals surface area contributed by atoms with Crippen LogP contribution in [0.3, 0.4) is 0 Å². The molecule has 0 aromatic heterocycles. The molecule has 2 amide bonds. The quantitative estimate of drug-likeness (QED) is 0.702. The summed E-state index contributed by atoms with van der Waals surface area (Å²) in [4.78, 5) is 15.5. The van der Waals surface area contributed by atoms with Gasteiger partial charge in [-0.25, -0.2) is 4.79 Å². The molecule has 2 aliphatic heterocycles. The standard InChI is InChI=1S/C10H19N3O2/c1-2-12-5-6-15-9(7-12)8-13-4-3-11-10(13)14/h9H,2-8H2,1H3,(H,11,14). The number of amides is 2. The zero-order chi connectivity index (χ0) is 10.7. The number of rotatable bonds is 3. The molecule has 0 aromatic carbocycles. The lowest BCUT2D eigenvalue weighted by molar-refractivity contribution is -0.0352. The van der Waals surface area contributed by atoms with Gasteiger partial charge in [0.15, 0.2) is 0 Å². The average Bonchev–Trinajstić information content (AvgIpc) is 2.65. The monoisotopic (exact) mass is 213 g/mol. The third-order valence-corrected chi connectivity index (χ3v) is 3.04. The number of ether oxygens (including phenoxy) is 1. The average molecular weight is 213 g/mol. The van der Waals surface area contributed by atoms with Crippen LogP contribution in [-0.2, 0) is 4.74 Å². The molecule has 1 unspecified atom stereocenters. The van der Waals surface area contributed by atoms with E-state index in [1.807, 2.05) is 4.90 Å². The fraction of sp³-hybridized carbons (Fsp3) is 0.900. The SMILES string of the molecule is CCN1CCOC(CN2CCNC2=O)C1. The highest BCUT2D eigenvalue weighted by molar-refractivity contribution is 5.76. The molecule has 0 bridgehead atoms. The van der Waals surface area contributed by atoms with Crippen molar-refractivity contribution in [3.63, 3.8) is 0 Å². The van der Waals surface area contributed by atoms with E-state index in [9.17, 15) is 4.79 Å². The molecule has 86 valence electrons. The molecule has 2 aliphatic rings. The number of likely N-dealkylation sites (N-methyl/N-ethyl adjacent to an activating group) is 1. The van der Waals surface area contributed by atoms with E-state index in [1.54, 1.807) is 0 Å². The molecule has 1 N–H and O–H groups in total. The third-order valence-electron chi connectivity index (χ3n) is 3.04. The molecule has 1 atom stereocenters. The van der Waals surface area contributed by atoms with Crippen molar-refractivity contribution in [2.75, 3.05) is 45.9 Å². The van der Waals surface area contributed by atoms with Crippen molar-refractivity contribution in [1.82, 2.24) is 15.1 Å². The first-order valence-corrected chi connectivity index (χ1v) is 5.66. The van der Waals surface area contributed by atoms with Crippen LogP contribution in [0.1, 0.15) is 6.92 Å². The lowest BCUT2D eigenvalue weighted by atomic mass is 10.2. The minimum Gasteiger partial charge on any atom is -0.374 e. The number of hydrogen-bond acceptors (Lipinski definition) is 3. The Labute approximate surface area is 90.4 Å². The van der Waals surface area contributed by atoms with Gasteiger partial charge in [0, 0.05) is 32.7 Å². The molecule has 5 heteroatoms. The van der Waals surface area contributed by atoms with Crippen LogP contribution in [0.25, 0.3) is 0 Å². The Morgan fingerprint density at radius 2 is 2.40 bits per heavy atom. The molecular weight excluding hydrogens is 194 g/mol. The molecule has 15 heavy (non-hydrogen) atoms. The molecule has 0 spiro atoms. The minimum absolute atomic E-state index is 0.0484.